The smallest absolute Gasteiger partial charge is 0.123 e. The molecule has 0 radical (unpaired) electrons. The van der Waals surface area contributed by atoms with E-state index in [1.54, 1.807) is 0 Å². The Balaban J connectivity index is 2.12. The lowest BCUT2D eigenvalue weighted by atomic mass is 10.2. The maximum absolute atomic E-state index is 5.62. The molecule has 1 N–H and O–H groups in total. The fourth-order valence-corrected chi connectivity index (χ4v) is 2.51. The Bertz CT molecular complexity index is 330. The van der Waals surface area contributed by atoms with E-state index in [1.165, 1.54) is 37.0 Å². The Kier molecular flexibility index (Phi) is 9.64. The van der Waals surface area contributed by atoms with Gasteiger partial charge < -0.3 is 10.1 Å². The summed E-state index contributed by atoms with van der Waals surface area (Å²) in [5.74, 6) is 2.31. The van der Waals surface area contributed by atoms with Crippen molar-refractivity contribution in [3.63, 3.8) is 0 Å². The van der Waals surface area contributed by atoms with Gasteiger partial charge in [0.15, 0.2) is 0 Å². The van der Waals surface area contributed by atoms with Crippen LogP contribution in [0.15, 0.2) is 24.3 Å². The molecule has 0 saturated heterocycles. The van der Waals surface area contributed by atoms with Crippen molar-refractivity contribution >= 4 is 11.8 Å². The van der Waals surface area contributed by atoms with Crippen molar-refractivity contribution in [2.45, 2.75) is 39.2 Å². The van der Waals surface area contributed by atoms with E-state index in [9.17, 15) is 0 Å². The molecule has 2 nitrogen and oxygen atoms in total. The van der Waals surface area contributed by atoms with E-state index >= 15 is 0 Å². The van der Waals surface area contributed by atoms with Crippen molar-refractivity contribution < 1.29 is 4.74 Å². The van der Waals surface area contributed by atoms with Crippen LogP contribution in [0.2, 0.25) is 0 Å². The number of para-hydroxylation sites is 1. The molecule has 0 atom stereocenters. The van der Waals surface area contributed by atoms with Crippen LogP contribution in [0.25, 0.3) is 0 Å². The van der Waals surface area contributed by atoms with Gasteiger partial charge in [-0.1, -0.05) is 31.0 Å². The number of hydrogen-bond donors (Lipinski definition) is 1. The standard InChI is InChI=1S/C16H27NOS/c1-3-18-16-11-7-6-10-15(16)14-17-12-8-4-5-9-13-19-2/h6-7,10-11,17H,3-5,8-9,12-14H2,1-2H3. The largest absolute Gasteiger partial charge is 0.494 e. The SMILES string of the molecule is CCOc1ccccc1CNCCCCCCSC. The van der Waals surface area contributed by atoms with Gasteiger partial charge in [0.25, 0.3) is 0 Å². The normalized spacial score (nSPS) is 10.6. The first-order chi connectivity index (χ1) is 9.38. The molecule has 0 saturated carbocycles. The Morgan fingerprint density at radius 2 is 1.89 bits per heavy atom. The molecule has 1 aromatic rings. The number of rotatable bonds is 11. The summed E-state index contributed by atoms with van der Waals surface area (Å²) in [6, 6.07) is 8.28. The average molecular weight is 281 g/mol. The Hall–Kier alpha value is -0.670. The Morgan fingerprint density at radius 3 is 2.68 bits per heavy atom. The summed E-state index contributed by atoms with van der Waals surface area (Å²) >= 11 is 1.94. The number of unbranched alkanes of at least 4 members (excludes halogenated alkanes) is 3. The Morgan fingerprint density at radius 1 is 1.11 bits per heavy atom. The molecule has 1 rings (SSSR count). The molecule has 0 heterocycles. The second-order valence-corrected chi connectivity index (χ2v) is 5.61. The number of ether oxygens (including phenoxy) is 1. The first-order valence-corrected chi connectivity index (χ1v) is 8.68. The third-order valence-electron chi connectivity index (χ3n) is 3.04. The molecule has 3 heteroatoms. The highest BCUT2D eigenvalue weighted by molar-refractivity contribution is 7.98. The maximum Gasteiger partial charge on any atom is 0.123 e. The zero-order chi connectivity index (χ0) is 13.8. The summed E-state index contributed by atoms with van der Waals surface area (Å²) in [7, 11) is 0. The van der Waals surface area contributed by atoms with E-state index in [4.69, 9.17) is 4.74 Å². The van der Waals surface area contributed by atoms with Gasteiger partial charge in [0, 0.05) is 12.1 Å². The summed E-state index contributed by atoms with van der Waals surface area (Å²) in [5.41, 5.74) is 1.26. The van der Waals surface area contributed by atoms with Crippen LogP contribution in [0.5, 0.6) is 5.75 Å². The number of nitrogens with one attached hydrogen (secondary N) is 1. The van der Waals surface area contributed by atoms with Gasteiger partial charge in [-0.05, 0) is 44.4 Å². The van der Waals surface area contributed by atoms with Crippen LogP contribution in [0, 0.1) is 0 Å². The predicted molar refractivity (Wildman–Crippen MR) is 86.2 cm³/mol. The summed E-state index contributed by atoms with van der Waals surface area (Å²) in [6.45, 7) is 4.76. The van der Waals surface area contributed by atoms with E-state index in [0.717, 1.165) is 25.4 Å². The molecule has 0 amide bonds. The summed E-state index contributed by atoms with van der Waals surface area (Å²) in [5, 5.41) is 3.51. The molecule has 1 aromatic carbocycles. The lowest BCUT2D eigenvalue weighted by Crippen LogP contribution is -2.15. The molecule has 0 aliphatic rings. The molecule has 0 aliphatic carbocycles. The van der Waals surface area contributed by atoms with E-state index in [-0.39, 0.29) is 0 Å². The van der Waals surface area contributed by atoms with Crippen LogP contribution in [0.1, 0.15) is 38.2 Å². The van der Waals surface area contributed by atoms with Gasteiger partial charge in [0.05, 0.1) is 6.61 Å². The molecule has 0 aliphatic heterocycles. The maximum atomic E-state index is 5.62. The minimum absolute atomic E-state index is 0.729. The molecule has 108 valence electrons. The van der Waals surface area contributed by atoms with Gasteiger partial charge in [0.1, 0.15) is 5.75 Å². The van der Waals surface area contributed by atoms with Crippen molar-refractivity contribution in [3.05, 3.63) is 29.8 Å². The number of benzene rings is 1. The molecule has 19 heavy (non-hydrogen) atoms. The minimum atomic E-state index is 0.729. The first-order valence-electron chi connectivity index (χ1n) is 7.28. The highest BCUT2D eigenvalue weighted by atomic mass is 32.2. The van der Waals surface area contributed by atoms with E-state index in [2.05, 4.69) is 23.7 Å². The van der Waals surface area contributed by atoms with Gasteiger partial charge >= 0.3 is 0 Å². The molecule has 0 aromatic heterocycles. The zero-order valence-electron chi connectivity index (χ0n) is 12.3. The fourth-order valence-electron chi connectivity index (χ4n) is 2.02. The van der Waals surface area contributed by atoms with E-state index < -0.39 is 0 Å². The van der Waals surface area contributed by atoms with Crippen LogP contribution in [-0.2, 0) is 6.54 Å². The van der Waals surface area contributed by atoms with Crippen LogP contribution >= 0.6 is 11.8 Å². The molecule has 0 spiro atoms. The third-order valence-corrected chi connectivity index (χ3v) is 3.74. The average Bonchev–Trinajstić information content (AvgIpc) is 2.44. The highest BCUT2D eigenvalue weighted by Gasteiger charge is 2.01. The number of hydrogen-bond acceptors (Lipinski definition) is 3. The van der Waals surface area contributed by atoms with Crippen molar-refractivity contribution in [1.29, 1.82) is 0 Å². The van der Waals surface area contributed by atoms with Crippen LogP contribution in [0.4, 0.5) is 0 Å². The van der Waals surface area contributed by atoms with Crippen LogP contribution in [-0.4, -0.2) is 25.2 Å². The van der Waals surface area contributed by atoms with Gasteiger partial charge in [0.2, 0.25) is 0 Å². The van der Waals surface area contributed by atoms with Crippen molar-refractivity contribution in [3.8, 4) is 5.75 Å². The first kappa shape index (κ1) is 16.4. The van der Waals surface area contributed by atoms with E-state index in [1.807, 2.05) is 30.8 Å². The minimum Gasteiger partial charge on any atom is -0.494 e. The van der Waals surface area contributed by atoms with Gasteiger partial charge in [-0.25, -0.2) is 0 Å². The van der Waals surface area contributed by atoms with E-state index in [0.29, 0.717) is 0 Å². The Labute approximate surface area is 122 Å². The molecular weight excluding hydrogens is 254 g/mol. The van der Waals surface area contributed by atoms with Gasteiger partial charge in [-0.2, -0.15) is 11.8 Å². The highest BCUT2D eigenvalue weighted by Crippen LogP contribution is 2.17. The molecular formula is C16H27NOS. The molecule has 0 unspecified atom stereocenters. The second-order valence-electron chi connectivity index (χ2n) is 4.62. The second kappa shape index (κ2) is 11.2. The fraction of sp³-hybridized carbons (Fsp3) is 0.625. The number of thioether (sulfide) groups is 1. The van der Waals surface area contributed by atoms with Crippen molar-refractivity contribution in [1.82, 2.24) is 5.32 Å². The van der Waals surface area contributed by atoms with Gasteiger partial charge in [-0.3, -0.25) is 0 Å². The van der Waals surface area contributed by atoms with Crippen molar-refractivity contribution in [2.24, 2.45) is 0 Å². The summed E-state index contributed by atoms with van der Waals surface area (Å²) in [6.07, 6.45) is 7.50. The van der Waals surface area contributed by atoms with Crippen molar-refractivity contribution in [2.75, 3.05) is 25.2 Å². The topological polar surface area (TPSA) is 21.3 Å². The molecule has 0 bridgehead atoms. The lowest BCUT2D eigenvalue weighted by Gasteiger charge is -2.10. The zero-order valence-corrected chi connectivity index (χ0v) is 13.1. The van der Waals surface area contributed by atoms with Crippen LogP contribution in [0.3, 0.4) is 0 Å². The molecule has 0 fully saturated rings. The monoisotopic (exact) mass is 281 g/mol. The van der Waals surface area contributed by atoms with Crippen LogP contribution < -0.4 is 10.1 Å². The quantitative estimate of drug-likeness (QED) is 0.617. The lowest BCUT2D eigenvalue weighted by molar-refractivity contribution is 0.335. The van der Waals surface area contributed by atoms with Gasteiger partial charge in [-0.15, -0.1) is 0 Å². The predicted octanol–water partition coefficient (Wildman–Crippen LogP) is 4.10. The summed E-state index contributed by atoms with van der Waals surface area (Å²) in [4.78, 5) is 0. The summed E-state index contributed by atoms with van der Waals surface area (Å²) < 4.78 is 5.62. The third kappa shape index (κ3) is 7.48.